The average Bonchev–Trinajstić information content (AvgIpc) is 3.21. The lowest BCUT2D eigenvalue weighted by Crippen LogP contribution is -2.21. The highest BCUT2D eigenvalue weighted by molar-refractivity contribution is 7.99. The standard InChI is InChI=1S/C19H15Cl2N3O3S/c20-14-7-3-1-5-12(14)17-19(27-17,13-6-2-4-8-15(13)21)10-24-18(22-11-23-24)28-9-16(25)26/h1-8,11,17H,9-10H2,(H,25,26). The monoisotopic (exact) mass is 435 g/mol. The van der Waals surface area contributed by atoms with Gasteiger partial charge in [-0.05, 0) is 12.1 Å². The number of benzene rings is 2. The van der Waals surface area contributed by atoms with E-state index < -0.39 is 11.6 Å². The molecular weight excluding hydrogens is 421 g/mol. The summed E-state index contributed by atoms with van der Waals surface area (Å²) in [5, 5.41) is 14.9. The van der Waals surface area contributed by atoms with Crippen LogP contribution in [0.4, 0.5) is 0 Å². The first-order valence-corrected chi connectivity index (χ1v) is 10.1. The zero-order valence-electron chi connectivity index (χ0n) is 14.5. The first kappa shape index (κ1) is 19.3. The van der Waals surface area contributed by atoms with Crippen LogP contribution in [0.3, 0.4) is 0 Å². The first-order valence-electron chi connectivity index (χ1n) is 8.41. The summed E-state index contributed by atoms with van der Waals surface area (Å²) in [7, 11) is 0. The molecule has 1 saturated heterocycles. The van der Waals surface area contributed by atoms with Crippen molar-refractivity contribution in [1.82, 2.24) is 14.8 Å². The Morgan fingerprint density at radius 3 is 2.61 bits per heavy atom. The minimum Gasteiger partial charge on any atom is -0.481 e. The number of aromatic nitrogens is 3. The van der Waals surface area contributed by atoms with Gasteiger partial charge in [-0.3, -0.25) is 4.79 Å². The molecule has 144 valence electrons. The Morgan fingerprint density at radius 1 is 1.18 bits per heavy atom. The van der Waals surface area contributed by atoms with Gasteiger partial charge in [0.1, 0.15) is 18.0 Å². The Labute approximate surface area is 175 Å². The normalized spacial score (nSPS) is 20.9. The minimum absolute atomic E-state index is 0.105. The number of hydrogen-bond acceptors (Lipinski definition) is 5. The van der Waals surface area contributed by atoms with Crippen molar-refractivity contribution in [1.29, 1.82) is 0 Å². The molecule has 1 aliphatic rings. The van der Waals surface area contributed by atoms with E-state index in [9.17, 15) is 4.79 Å². The van der Waals surface area contributed by atoms with Gasteiger partial charge in [0.25, 0.3) is 0 Å². The number of carboxylic acid groups (broad SMARTS) is 1. The van der Waals surface area contributed by atoms with Crippen LogP contribution in [0.15, 0.2) is 60.0 Å². The van der Waals surface area contributed by atoms with Crippen molar-refractivity contribution in [2.24, 2.45) is 0 Å². The van der Waals surface area contributed by atoms with E-state index >= 15 is 0 Å². The predicted octanol–water partition coefficient (Wildman–Crippen LogP) is 4.43. The molecule has 0 amide bonds. The van der Waals surface area contributed by atoms with Crippen molar-refractivity contribution < 1.29 is 14.6 Å². The minimum atomic E-state index is -0.919. The van der Waals surface area contributed by atoms with Crippen LogP contribution in [-0.2, 0) is 21.7 Å². The molecule has 2 unspecified atom stereocenters. The van der Waals surface area contributed by atoms with Gasteiger partial charge in [0.05, 0.1) is 12.3 Å². The van der Waals surface area contributed by atoms with Gasteiger partial charge in [0.2, 0.25) is 0 Å². The number of epoxide rings is 1. The Bertz CT molecular complexity index is 1030. The number of nitrogens with zero attached hydrogens (tertiary/aromatic N) is 3. The number of carboxylic acids is 1. The van der Waals surface area contributed by atoms with E-state index in [0.717, 1.165) is 22.9 Å². The summed E-state index contributed by atoms with van der Waals surface area (Å²) >= 11 is 14.0. The molecule has 0 spiro atoms. The van der Waals surface area contributed by atoms with Crippen LogP contribution >= 0.6 is 35.0 Å². The van der Waals surface area contributed by atoms with Crippen molar-refractivity contribution >= 4 is 40.9 Å². The van der Waals surface area contributed by atoms with Gasteiger partial charge < -0.3 is 9.84 Å². The summed E-state index contributed by atoms with van der Waals surface area (Å²) in [6, 6.07) is 15.0. The second kappa shape index (κ2) is 7.75. The fourth-order valence-electron chi connectivity index (χ4n) is 3.22. The van der Waals surface area contributed by atoms with E-state index in [1.54, 1.807) is 4.68 Å². The van der Waals surface area contributed by atoms with Crippen LogP contribution in [-0.4, -0.2) is 31.6 Å². The number of aliphatic carboxylic acids is 1. The summed E-state index contributed by atoms with van der Waals surface area (Å²) in [4.78, 5) is 15.1. The molecule has 2 aromatic carbocycles. The maximum Gasteiger partial charge on any atom is 0.313 e. The maximum atomic E-state index is 10.9. The zero-order chi connectivity index (χ0) is 19.7. The molecule has 1 aromatic heterocycles. The summed E-state index contributed by atoms with van der Waals surface area (Å²) in [5.74, 6) is -1.02. The van der Waals surface area contributed by atoms with Crippen LogP contribution in [0.25, 0.3) is 0 Å². The molecule has 0 radical (unpaired) electrons. The second-order valence-electron chi connectivity index (χ2n) is 6.27. The molecule has 3 aromatic rings. The van der Waals surface area contributed by atoms with Gasteiger partial charge in [0.15, 0.2) is 5.16 Å². The summed E-state index contributed by atoms with van der Waals surface area (Å²) in [5.41, 5.74) is 0.922. The summed E-state index contributed by atoms with van der Waals surface area (Å²) < 4.78 is 7.86. The Kier molecular flexibility index (Phi) is 5.33. The fourth-order valence-corrected chi connectivity index (χ4v) is 4.38. The molecule has 6 nitrogen and oxygen atoms in total. The Balaban J connectivity index is 1.71. The topological polar surface area (TPSA) is 80.5 Å². The lowest BCUT2D eigenvalue weighted by molar-refractivity contribution is -0.133. The van der Waals surface area contributed by atoms with E-state index in [0.29, 0.717) is 21.7 Å². The molecule has 2 atom stereocenters. The number of halogens is 2. The van der Waals surface area contributed by atoms with E-state index in [1.165, 1.54) is 6.33 Å². The molecule has 2 heterocycles. The largest absolute Gasteiger partial charge is 0.481 e. The summed E-state index contributed by atoms with van der Waals surface area (Å²) in [6.45, 7) is 0.328. The van der Waals surface area contributed by atoms with Crippen molar-refractivity contribution in [3.05, 3.63) is 76.0 Å². The van der Waals surface area contributed by atoms with Gasteiger partial charge >= 0.3 is 5.97 Å². The molecule has 0 saturated carbocycles. The molecule has 1 fully saturated rings. The van der Waals surface area contributed by atoms with Crippen LogP contribution in [0.5, 0.6) is 0 Å². The van der Waals surface area contributed by atoms with Crippen molar-refractivity contribution in [3.8, 4) is 0 Å². The average molecular weight is 436 g/mol. The SMILES string of the molecule is O=C(O)CSc1ncnn1CC1(c2ccccc2Cl)OC1c1ccccc1Cl. The number of thioether (sulfide) groups is 1. The molecule has 9 heteroatoms. The third-order valence-electron chi connectivity index (χ3n) is 4.50. The van der Waals surface area contributed by atoms with Crippen LogP contribution < -0.4 is 0 Å². The van der Waals surface area contributed by atoms with E-state index in [4.69, 9.17) is 33.0 Å². The third kappa shape index (κ3) is 3.63. The third-order valence-corrected chi connectivity index (χ3v) is 6.14. The van der Waals surface area contributed by atoms with E-state index in [-0.39, 0.29) is 11.9 Å². The Hall–Kier alpha value is -2.06. The van der Waals surface area contributed by atoms with E-state index in [2.05, 4.69) is 10.1 Å². The first-order chi connectivity index (χ1) is 13.5. The quantitative estimate of drug-likeness (QED) is 0.436. The number of rotatable bonds is 7. The van der Waals surface area contributed by atoms with Gasteiger partial charge in [-0.2, -0.15) is 5.10 Å². The maximum absolute atomic E-state index is 10.9. The highest BCUT2D eigenvalue weighted by atomic mass is 35.5. The molecule has 1 N–H and O–H groups in total. The van der Waals surface area contributed by atoms with Gasteiger partial charge in [-0.15, -0.1) is 0 Å². The number of carbonyl (C=O) groups is 1. The molecule has 0 bridgehead atoms. The van der Waals surface area contributed by atoms with E-state index in [1.807, 2.05) is 48.5 Å². The predicted molar refractivity (Wildman–Crippen MR) is 107 cm³/mol. The summed E-state index contributed by atoms with van der Waals surface area (Å²) in [6.07, 6.45) is 1.10. The van der Waals surface area contributed by atoms with Crippen molar-refractivity contribution in [3.63, 3.8) is 0 Å². The molecule has 0 aliphatic carbocycles. The van der Waals surface area contributed by atoms with Crippen molar-refractivity contribution in [2.45, 2.75) is 23.4 Å². The smallest absolute Gasteiger partial charge is 0.313 e. The molecular formula is C19H15Cl2N3O3S. The number of hydrogen-bond donors (Lipinski definition) is 1. The zero-order valence-corrected chi connectivity index (χ0v) is 16.8. The molecule has 28 heavy (non-hydrogen) atoms. The molecule has 4 rings (SSSR count). The van der Waals surface area contributed by atoms with Gasteiger partial charge in [-0.1, -0.05) is 71.4 Å². The van der Waals surface area contributed by atoms with Crippen molar-refractivity contribution in [2.75, 3.05) is 5.75 Å². The highest BCUT2D eigenvalue weighted by Gasteiger charge is 2.60. The number of ether oxygens (including phenoxy) is 1. The van der Waals surface area contributed by atoms with Crippen LogP contribution in [0.2, 0.25) is 10.0 Å². The Morgan fingerprint density at radius 2 is 1.89 bits per heavy atom. The molecule has 1 aliphatic heterocycles. The van der Waals surface area contributed by atoms with Crippen LogP contribution in [0, 0.1) is 0 Å². The lowest BCUT2D eigenvalue weighted by Gasteiger charge is -2.17. The fraction of sp³-hybridized carbons (Fsp3) is 0.211. The highest BCUT2D eigenvalue weighted by Crippen LogP contribution is 2.60. The lowest BCUT2D eigenvalue weighted by atomic mass is 9.91. The van der Waals surface area contributed by atoms with Gasteiger partial charge in [0, 0.05) is 21.2 Å². The van der Waals surface area contributed by atoms with Gasteiger partial charge in [-0.25, -0.2) is 9.67 Å². The second-order valence-corrected chi connectivity index (χ2v) is 8.03. The van der Waals surface area contributed by atoms with Crippen LogP contribution in [0.1, 0.15) is 17.2 Å².